The normalized spacial score (nSPS) is 24.3. The fraction of sp³-hybridized carbons (Fsp3) is 0.529. The summed E-state index contributed by atoms with van der Waals surface area (Å²) in [6, 6.07) is 6.51. The average molecular weight is 288 g/mol. The number of rotatable bonds is 3. The highest BCUT2D eigenvalue weighted by Gasteiger charge is 2.27. The summed E-state index contributed by atoms with van der Waals surface area (Å²) in [6.45, 7) is 6.61. The summed E-state index contributed by atoms with van der Waals surface area (Å²) in [7, 11) is 0. The predicted molar refractivity (Wildman–Crippen MR) is 84.4 cm³/mol. The third kappa shape index (κ3) is 3.84. The number of benzene rings is 1. The first-order chi connectivity index (χ1) is 9.99. The molecule has 2 N–H and O–H groups in total. The molecular formula is C17H24N2O2. The SMILES string of the molecule is CC(C)[C@@H]1CC[C@H](C)C/C1=N/NC(=O)c1ccccc1O. The number of phenols is 1. The van der Waals surface area contributed by atoms with Gasteiger partial charge in [-0.15, -0.1) is 0 Å². The van der Waals surface area contributed by atoms with Crippen LogP contribution in [-0.4, -0.2) is 16.7 Å². The van der Waals surface area contributed by atoms with E-state index in [1.807, 2.05) is 0 Å². The third-order valence-corrected chi connectivity index (χ3v) is 4.21. The molecule has 2 rings (SSSR count). The summed E-state index contributed by atoms with van der Waals surface area (Å²) >= 11 is 0. The number of hydrazone groups is 1. The molecule has 0 aliphatic heterocycles. The number of aromatic hydroxyl groups is 1. The second-order valence-corrected chi connectivity index (χ2v) is 6.30. The van der Waals surface area contributed by atoms with Crippen molar-refractivity contribution in [3.63, 3.8) is 0 Å². The Bertz CT molecular complexity index is 537. The molecule has 0 heterocycles. The van der Waals surface area contributed by atoms with E-state index in [0.717, 1.165) is 18.6 Å². The van der Waals surface area contributed by atoms with E-state index in [0.29, 0.717) is 17.8 Å². The number of hydrogen-bond acceptors (Lipinski definition) is 3. The quantitative estimate of drug-likeness (QED) is 0.835. The molecule has 0 saturated heterocycles. The molecule has 1 aliphatic carbocycles. The maximum Gasteiger partial charge on any atom is 0.275 e. The van der Waals surface area contributed by atoms with Gasteiger partial charge in [0, 0.05) is 11.6 Å². The number of amides is 1. The maximum absolute atomic E-state index is 12.1. The van der Waals surface area contributed by atoms with Crippen molar-refractivity contribution in [3.8, 4) is 5.75 Å². The van der Waals surface area contributed by atoms with Gasteiger partial charge in [0.2, 0.25) is 0 Å². The molecular weight excluding hydrogens is 264 g/mol. The van der Waals surface area contributed by atoms with Crippen LogP contribution in [0.2, 0.25) is 0 Å². The highest BCUT2D eigenvalue weighted by atomic mass is 16.3. The van der Waals surface area contributed by atoms with Gasteiger partial charge in [0.1, 0.15) is 5.75 Å². The van der Waals surface area contributed by atoms with Gasteiger partial charge in [-0.25, -0.2) is 5.43 Å². The van der Waals surface area contributed by atoms with Gasteiger partial charge in [0.25, 0.3) is 5.91 Å². The van der Waals surface area contributed by atoms with Gasteiger partial charge in [-0.3, -0.25) is 4.79 Å². The molecule has 1 amide bonds. The van der Waals surface area contributed by atoms with Gasteiger partial charge >= 0.3 is 0 Å². The first kappa shape index (κ1) is 15.5. The molecule has 4 heteroatoms. The van der Waals surface area contributed by atoms with Gasteiger partial charge in [-0.2, -0.15) is 5.10 Å². The largest absolute Gasteiger partial charge is 0.507 e. The Hall–Kier alpha value is -1.84. The molecule has 0 radical (unpaired) electrons. The van der Waals surface area contributed by atoms with Crippen LogP contribution >= 0.6 is 0 Å². The van der Waals surface area contributed by atoms with Gasteiger partial charge in [0.05, 0.1) is 5.56 Å². The number of carbonyl (C=O) groups excluding carboxylic acids is 1. The number of nitrogens with zero attached hydrogens (tertiary/aromatic N) is 1. The molecule has 1 aliphatic rings. The van der Waals surface area contributed by atoms with Crippen molar-refractivity contribution in [1.82, 2.24) is 5.43 Å². The molecule has 1 aromatic rings. The molecule has 0 bridgehead atoms. The molecule has 1 aromatic carbocycles. The molecule has 4 nitrogen and oxygen atoms in total. The zero-order valence-corrected chi connectivity index (χ0v) is 13.0. The lowest BCUT2D eigenvalue weighted by Crippen LogP contribution is -2.31. The first-order valence-corrected chi connectivity index (χ1v) is 7.63. The van der Waals surface area contributed by atoms with Gasteiger partial charge < -0.3 is 5.11 Å². The summed E-state index contributed by atoms with van der Waals surface area (Å²) in [6.07, 6.45) is 3.28. The summed E-state index contributed by atoms with van der Waals surface area (Å²) in [5, 5.41) is 14.1. The lowest BCUT2D eigenvalue weighted by Gasteiger charge is -2.30. The monoisotopic (exact) mass is 288 g/mol. The van der Waals surface area contributed by atoms with E-state index in [2.05, 4.69) is 31.3 Å². The predicted octanol–water partition coefficient (Wildman–Crippen LogP) is 3.57. The molecule has 2 atom stereocenters. The summed E-state index contributed by atoms with van der Waals surface area (Å²) in [5.41, 5.74) is 3.94. The molecule has 1 saturated carbocycles. The van der Waals surface area contributed by atoms with E-state index in [4.69, 9.17) is 0 Å². The van der Waals surface area contributed by atoms with E-state index in [1.54, 1.807) is 18.2 Å². The first-order valence-electron chi connectivity index (χ1n) is 7.63. The molecule has 0 spiro atoms. The number of carbonyl (C=O) groups is 1. The Morgan fingerprint density at radius 3 is 2.71 bits per heavy atom. The summed E-state index contributed by atoms with van der Waals surface area (Å²) < 4.78 is 0. The van der Waals surface area contributed by atoms with Crippen molar-refractivity contribution in [3.05, 3.63) is 29.8 Å². The molecule has 0 unspecified atom stereocenters. The fourth-order valence-corrected chi connectivity index (χ4v) is 2.94. The van der Waals surface area contributed by atoms with E-state index < -0.39 is 0 Å². The smallest absolute Gasteiger partial charge is 0.275 e. The zero-order chi connectivity index (χ0) is 15.4. The zero-order valence-electron chi connectivity index (χ0n) is 13.0. The Morgan fingerprint density at radius 2 is 2.05 bits per heavy atom. The number of para-hydroxylation sites is 1. The van der Waals surface area contributed by atoms with E-state index >= 15 is 0 Å². The number of phenolic OH excluding ortho intramolecular Hbond substituents is 1. The van der Waals surface area contributed by atoms with E-state index in [9.17, 15) is 9.90 Å². The van der Waals surface area contributed by atoms with Crippen LogP contribution in [0.4, 0.5) is 0 Å². The van der Waals surface area contributed by atoms with E-state index in [-0.39, 0.29) is 17.2 Å². The molecule has 1 fully saturated rings. The molecule has 114 valence electrons. The molecule has 0 aromatic heterocycles. The van der Waals surface area contributed by atoms with Crippen LogP contribution in [0, 0.1) is 17.8 Å². The minimum atomic E-state index is -0.360. The van der Waals surface area contributed by atoms with Gasteiger partial charge in [-0.05, 0) is 43.2 Å². The lowest BCUT2D eigenvalue weighted by molar-refractivity contribution is 0.0951. The second kappa shape index (κ2) is 6.74. The Labute approximate surface area is 126 Å². The minimum absolute atomic E-state index is 0.0207. The highest BCUT2D eigenvalue weighted by Crippen LogP contribution is 2.31. The van der Waals surface area contributed by atoms with Crippen molar-refractivity contribution in [2.45, 2.75) is 40.0 Å². The van der Waals surface area contributed by atoms with E-state index in [1.165, 1.54) is 12.5 Å². The van der Waals surface area contributed by atoms with Crippen LogP contribution in [0.1, 0.15) is 50.4 Å². The van der Waals surface area contributed by atoms with Crippen molar-refractivity contribution in [2.24, 2.45) is 22.9 Å². The van der Waals surface area contributed by atoms with Gasteiger partial charge in [0.15, 0.2) is 0 Å². The highest BCUT2D eigenvalue weighted by molar-refractivity contribution is 5.98. The summed E-state index contributed by atoms with van der Waals surface area (Å²) in [4.78, 5) is 12.1. The number of nitrogens with one attached hydrogen (secondary N) is 1. The van der Waals surface area contributed by atoms with Gasteiger partial charge in [-0.1, -0.05) is 32.9 Å². The fourth-order valence-electron chi connectivity index (χ4n) is 2.94. The standard InChI is InChI=1S/C17H24N2O2/c1-11(2)13-9-8-12(3)10-15(13)18-19-17(21)14-6-4-5-7-16(14)20/h4-7,11-13,20H,8-10H2,1-3H3,(H,19,21)/b18-15-/t12-,13-/m0/s1. The lowest BCUT2D eigenvalue weighted by atomic mass is 9.76. The van der Waals surface area contributed by atoms with Crippen molar-refractivity contribution in [1.29, 1.82) is 0 Å². The van der Waals surface area contributed by atoms with Crippen LogP contribution in [0.5, 0.6) is 5.75 Å². The average Bonchev–Trinajstić information content (AvgIpc) is 2.45. The van der Waals surface area contributed by atoms with Crippen LogP contribution < -0.4 is 5.43 Å². The third-order valence-electron chi connectivity index (χ3n) is 4.21. The van der Waals surface area contributed by atoms with Crippen LogP contribution in [-0.2, 0) is 0 Å². The molecule has 21 heavy (non-hydrogen) atoms. The van der Waals surface area contributed by atoms with Crippen molar-refractivity contribution in [2.75, 3.05) is 0 Å². The Kier molecular flexibility index (Phi) is 4.99. The van der Waals surface area contributed by atoms with Crippen LogP contribution in [0.25, 0.3) is 0 Å². The topological polar surface area (TPSA) is 61.7 Å². The van der Waals surface area contributed by atoms with Crippen LogP contribution in [0.3, 0.4) is 0 Å². The number of hydrogen-bond donors (Lipinski definition) is 2. The second-order valence-electron chi connectivity index (χ2n) is 6.30. The maximum atomic E-state index is 12.1. The Balaban J connectivity index is 2.11. The summed E-state index contributed by atoms with van der Waals surface area (Å²) in [5.74, 6) is 1.19. The Morgan fingerprint density at radius 1 is 1.33 bits per heavy atom. The van der Waals surface area contributed by atoms with Crippen LogP contribution in [0.15, 0.2) is 29.4 Å². The minimum Gasteiger partial charge on any atom is -0.507 e. The van der Waals surface area contributed by atoms with Crippen molar-refractivity contribution >= 4 is 11.6 Å². The van der Waals surface area contributed by atoms with Crippen molar-refractivity contribution < 1.29 is 9.90 Å².